The zero-order valence-corrected chi connectivity index (χ0v) is 17.6. The molecule has 30 heavy (non-hydrogen) atoms. The number of aromatic nitrogens is 6. The van der Waals surface area contributed by atoms with E-state index in [1.165, 1.54) is 6.33 Å². The van der Waals surface area contributed by atoms with Crippen molar-refractivity contribution in [1.82, 2.24) is 30.0 Å². The monoisotopic (exact) mass is 421 g/mol. The summed E-state index contributed by atoms with van der Waals surface area (Å²) in [5.74, 6) is -0.113. The van der Waals surface area contributed by atoms with Crippen LogP contribution in [0.25, 0.3) is 11.4 Å². The van der Waals surface area contributed by atoms with Gasteiger partial charge in [0, 0.05) is 22.0 Å². The number of aryl methyl sites for hydroxylation is 2. The number of anilines is 1. The minimum absolute atomic E-state index is 0.113. The van der Waals surface area contributed by atoms with Crippen molar-refractivity contribution < 1.29 is 4.79 Å². The molecule has 0 saturated carbocycles. The highest BCUT2D eigenvalue weighted by Crippen LogP contribution is 2.23. The molecular weight excluding hydrogens is 402 g/mol. The van der Waals surface area contributed by atoms with Gasteiger partial charge < -0.3 is 5.32 Å². The Hall–Kier alpha value is -3.52. The van der Waals surface area contributed by atoms with Crippen molar-refractivity contribution in [3.63, 3.8) is 0 Å². The summed E-state index contributed by atoms with van der Waals surface area (Å²) in [7, 11) is 0. The van der Waals surface area contributed by atoms with Crippen LogP contribution in [0.15, 0.2) is 48.8 Å². The zero-order valence-electron chi connectivity index (χ0n) is 16.8. The van der Waals surface area contributed by atoms with Crippen LogP contribution >= 0.6 is 11.6 Å². The minimum Gasteiger partial charge on any atom is -0.326 e. The van der Waals surface area contributed by atoms with E-state index < -0.39 is 0 Å². The fourth-order valence-corrected chi connectivity index (χ4v) is 3.41. The molecule has 0 unspecified atom stereocenters. The number of benzene rings is 2. The van der Waals surface area contributed by atoms with Crippen LogP contribution in [0.5, 0.6) is 0 Å². The van der Waals surface area contributed by atoms with Crippen molar-refractivity contribution in [2.24, 2.45) is 0 Å². The van der Waals surface area contributed by atoms with Crippen LogP contribution in [-0.2, 0) is 11.2 Å². The van der Waals surface area contributed by atoms with Crippen molar-refractivity contribution >= 4 is 23.2 Å². The van der Waals surface area contributed by atoms with Crippen molar-refractivity contribution in [2.75, 3.05) is 5.32 Å². The zero-order chi connectivity index (χ0) is 21.3. The molecule has 1 amide bonds. The molecule has 2 heterocycles. The standard InChI is InChI=1S/C21H20ClN7O/c1-13-4-7-18(10-20(13)22)29-15(3)19(14(2)25-29)11-21(30)24-16-5-8-17(9-6-16)28-12-23-26-27-28/h4-10,12H,11H2,1-3H3,(H,24,30). The number of nitrogens with zero attached hydrogens (tertiary/aromatic N) is 6. The van der Waals surface area contributed by atoms with Crippen molar-refractivity contribution in [2.45, 2.75) is 27.2 Å². The van der Waals surface area contributed by atoms with E-state index in [9.17, 15) is 4.79 Å². The van der Waals surface area contributed by atoms with Gasteiger partial charge >= 0.3 is 0 Å². The lowest BCUT2D eigenvalue weighted by atomic mass is 10.1. The molecule has 2 aromatic carbocycles. The van der Waals surface area contributed by atoms with Crippen molar-refractivity contribution in [3.8, 4) is 11.4 Å². The fraction of sp³-hybridized carbons (Fsp3) is 0.190. The highest BCUT2D eigenvalue weighted by Gasteiger charge is 2.16. The van der Waals surface area contributed by atoms with Gasteiger partial charge in [-0.15, -0.1) is 5.10 Å². The maximum Gasteiger partial charge on any atom is 0.228 e. The van der Waals surface area contributed by atoms with E-state index in [0.717, 1.165) is 33.9 Å². The number of amides is 1. The lowest BCUT2D eigenvalue weighted by Crippen LogP contribution is -2.15. The molecule has 9 heteroatoms. The highest BCUT2D eigenvalue weighted by molar-refractivity contribution is 6.31. The van der Waals surface area contributed by atoms with Gasteiger partial charge in [0.25, 0.3) is 0 Å². The van der Waals surface area contributed by atoms with Crippen LogP contribution in [0.2, 0.25) is 5.02 Å². The predicted octanol–water partition coefficient (Wildman–Crippen LogP) is 3.61. The number of hydrogen-bond donors (Lipinski definition) is 1. The third-order valence-corrected chi connectivity index (χ3v) is 5.35. The molecule has 1 N–H and O–H groups in total. The number of tetrazole rings is 1. The van der Waals surface area contributed by atoms with Crippen LogP contribution in [0, 0.1) is 20.8 Å². The molecule has 2 aromatic heterocycles. The van der Waals surface area contributed by atoms with Crippen molar-refractivity contribution in [1.29, 1.82) is 0 Å². The largest absolute Gasteiger partial charge is 0.326 e. The quantitative estimate of drug-likeness (QED) is 0.531. The van der Waals surface area contributed by atoms with Crippen molar-refractivity contribution in [3.05, 3.63) is 76.3 Å². The molecule has 0 fully saturated rings. The first kappa shape index (κ1) is 19.8. The molecule has 0 atom stereocenters. The normalized spacial score (nSPS) is 10.9. The van der Waals surface area contributed by atoms with E-state index in [1.807, 2.05) is 67.9 Å². The Labute approximate surface area is 178 Å². The summed E-state index contributed by atoms with van der Waals surface area (Å²) in [6, 6.07) is 13.1. The van der Waals surface area contributed by atoms with Gasteiger partial charge in [-0.2, -0.15) is 5.10 Å². The number of halogens is 1. The van der Waals surface area contributed by atoms with E-state index in [0.29, 0.717) is 10.7 Å². The third kappa shape index (κ3) is 3.95. The summed E-state index contributed by atoms with van der Waals surface area (Å²) in [6.45, 7) is 5.82. The fourth-order valence-electron chi connectivity index (χ4n) is 3.24. The second-order valence-electron chi connectivity index (χ2n) is 7.02. The van der Waals surface area contributed by atoms with Crippen LogP contribution in [0.1, 0.15) is 22.5 Å². The Morgan fingerprint density at radius 2 is 1.80 bits per heavy atom. The summed E-state index contributed by atoms with van der Waals surface area (Å²) < 4.78 is 3.37. The molecule has 152 valence electrons. The van der Waals surface area contributed by atoms with Gasteiger partial charge in [0.1, 0.15) is 6.33 Å². The van der Waals surface area contributed by atoms with Gasteiger partial charge in [-0.1, -0.05) is 17.7 Å². The van der Waals surface area contributed by atoms with E-state index >= 15 is 0 Å². The van der Waals surface area contributed by atoms with Gasteiger partial charge in [0.15, 0.2) is 0 Å². The summed E-state index contributed by atoms with van der Waals surface area (Å²) in [6.07, 6.45) is 1.74. The lowest BCUT2D eigenvalue weighted by molar-refractivity contribution is -0.115. The summed E-state index contributed by atoms with van der Waals surface area (Å²) in [4.78, 5) is 12.6. The first-order chi connectivity index (χ1) is 14.4. The van der Waals surface area contributed by atoms with E-state index in [-0.39, 0.29) is 12.3 Å². The van der Waals surface area contributed by atoms with Gasteiger partial charge in [-0.25, -0.2) is 9.36 Å². The molecular formula is C21H20ClN7O. The predicted molar refractivity (Wildman–Crippen MR) is 114 cm³/mol. The van der Waals surface area contributed by atoms with E-state index in [4.69, 9.17) is 11.6 Å². The van der Waals surface area contributed by atoms with Crippen LogP contribution < -0.4 is 5.32 Å². The van der Waals surface area contributed by atoms with Gasteiger partial charge in [-0.05, 0) is 73.2 Å². The smallest absolute Gasteiger partial charge is 0.228 e. The maximum atomic E-state index is 12.6. The molecule has 0 aliphatic heterocycles. The summed E-state index contributed by atoms with van der Waals surface area (Å²) >= 11 is 6.26. The Balaban J connectivity index is 1.49. The second-order valence-corrected chi connectivity index (χ2v) is 7.43. The lowest BCUT2D eigenvalue weighted by Gasteiger charge is -2.08. The first-order valence-electron chi connectivity index (χ1n) is 9.37. The average molecular weight is 422 g/mol. The molecule has 0 spiro atoms. The minimum atomic E-state index is -0.113. The first-order valence-corrected chi connectivity index (χ1v) is 9.75. The molecule has 0 saturated heterocycles. The maximum absolute atomic E-state index is 12.6. The Morgan fingerprint density at radius 1 is 1.07 bits per heavy atom. The van der Waals surface area contributed by atoms with Crippen LogP contribution in [0.4, 0.5) is 5.69 Å². The molecule has 4 aromatic rings. The van der Waals surface area contributed by atoms with Crippen LogP contribution in [0.3, 0.4) is 0 Å². The molecule has 0 aliphatic carbocycles. The second kappa shape index (κ2) is 8.08. The summed E-state index contributed by atoms with van der Waals surface area (Å²) in [5, 5.41) is 19.3. The molecule has 4 rings (SSSR count). The van der Waals surface area contributed by atoms with Gasteiger partial charge in [0.05, 0.1) is 23.5 Å². The number of carbonyl (C=O) groups is 1. The average Bonchev–Trinajstić information content (AvgIpc) is 3.35. The van der Waals surface area contributed by atoms with Gasteiger partial charge in [-0.3, -0.25) is 4.79 Å². The van der Waals surface area contributed by atoms with E-state index in [2.05, 4.69) is 25.9 Å². The highest BCUT2D eigenvalue weighted by atomic mass is 35.5. The van der Waals surface area contributed by atoms with Gasteiger partial charge in [0.2, 0.25) is 5.91 Å². The van der Waals surface area contributed by atoms with Crippen LogP contribution in [-0.4, -0.2) is 35.9 Å². The molecule has 0 aliphatic rings. The number of nitrogens with one attached hydrogen (secondary N) is 1. The third-order valence-electron chi connectivity index (χ3n) is 4.94. The topological polar surface area (TPSA) is 90.5 Å². The molecule has 0 bridgehead atoms. The Kier molecular flexibility index (Phi) is 5.33. The Morgan fingerprint density at radius 3 is 2.47 bits per heavy atom. The summed E-state index contributed by atoms with van der Waals surface area (Å²) in [5.41, 5.74) is 6.01. The SMILES string of the molecule is Cc1ccc(-n2nc(C)c(CC(=O)Nc3ccc(-n4cnnn4)cc3)c2C)cc1Cl. The molecule has 0 radical (unpaired) electrons. The molecule has 8 nitrogen and oxygen atoms in total. The number of carbonyl (C=O) groups excluding carboxylic acids is 1. The van der Waals surface area contributed by atoms with E-state index in [1.54, 1.807) is 4.68 Å². The number of hydrogen-bond acceptors (Lipinski definition) is 5. The Bertz CT molecular complexity index is 1200. The number of rotatable bonds is 5.